The van der Waals surface area contributed by atoms with E-state index in [1.54, 1.807) is 29.2 Å². The van der Waals surface area contributed by atoms with Gasteiger partial charge in [0.1, 0.15) is 11.6 Å². The predicted octanol–water partition coefficient (Wildman–Crippen LogP) is 4.18. The van der Waals surface area contributed by atoms with Crippen molar-refractivity contribution >= 4 is 35.1 Å². The third-order valence-corrected chi connectivity index (χ3v) is 4.65. The topological polar surface area (TPSA) is 40.8 Å². The number of amides is 1. The van der Waals surface area contributed by atoms with E-state index in [-0.39, 0.29) is 17.6 Å². The quantitative estimate of drug-likeness (QED) is 0.589. The van der Waals surface area contributed by atoms with Crippen molar-refractivity contribution in [3.05, 3.63) is 70.4 Å². The summed E-state index contributed by atoms with van der Waals surface area (Å²) in [5, 5.41) is 0.619. The molecule has 0 N–H and O–H groups in total. The molecule has 5 nitrogen and oxygen atoms in total. The summed E-state index contributed by atoms with van der Waals surface area (Å²) in [6.07, 6.45) is 4.39. The Morgan fingerprint density at radius 3 is 2.93 bits per heavy atom. The van der Waals surface area contributed by atoms with Gasteiger partial charge in [-0.1, -0.05) is 23.7 Å². The Morgan fingerprint density at radius 2 is 2.22 bits per heavy atom. The van der Waals surface area contributed by atoms with Crippen LogP contribution in [0.4, 0.5) is 15.9 Å². The third-order valence-electron chi connectivity index (χ3n) is 4.41. The van der Waals surface area contributed by atoms with Gasteiger partial charge >= 0.3 is 0 Å². The number of hydrogen-bond acceptors (Lipinski definition) is 3. The molecule has 0 spiro atoms. The summed E-state index contributed by atoms with van der Waals surface area (Å²) in [6, 6.07) is 8.40. The first-order chi connectivity index (χ1) is 13.0. The number of nitrogens with zero attached hydrogens (tertiary/aromatic N) is 4. The highest BCUT2D eigenvalue weighted by Gasteiger charge is 2.28. The van der Waals surface area contributed by atoms with E-state index >= 15 is 0 Å². The van der Waals surface area contributed by atoms with Crippen LogP contribution in [0.25, 0.3) is 10.9 Å². The van der Waals surface area contributed by atoms with Crippen LogP contribution in [-0.2, 0) is 4.79 Å². The van der Waals surface area contributed by atoms with E-state index in [9.17, 15) is 9.18 Å². The SMILES string of the molecule is [C-]#[N+]c1cc(F)cnc1N1CCN(C(=O)C=Cc2cccc(Cl)c2)[C@H](C)C1. The van der Waals surface area contributed by atoms with Gasteiger partial charge in [0, 0.05) is 36.8 Å². The maximum Gasteiger partial charge on any atom is 0.246 e. The largest absolute Gasteiger partial charge is 0.361 e. The van der Waals surface area contributed by atoms with E-state index < -0.39 is 5.82 Å². The van der Waals surface area contributed by atoms with Crippen molar-refractivity contribution in [1.29, 1.82) is 0 Å². The molecule has 27 heavy (non-hydrogen) atoms. The molecular formula is C20H18ClFN4O. The van der Waals surface area contributed by atoms with Crippen molar-refractivity contribution in [3.8, 4) is 0 Å². The van der Waals surface area contributed by atoms with Crippen molar-refractivity contribution in [1.82, 2.24) is 9.88 Å². The van der Waals surface area contributed by atoms with E-state index in [1.807, 2.05) is 24.0 Å². The number of carbonyl (C=O) groups excluding carboxylic acids is 1. The standard InChI is InChI=1S/C20H18ClFN4O/c1-14-13-25(20-18(23-2)11-17(22)12-24-20)8-9-26(14)19(27)7-6-15-4-3-5-16(21)10-15/h3-7,10-12,14H,8-9,13H2,1H3/t14-/m1/s1. The van der Waals surface area contributed by atoms with Crippen LogP contribution in [0.3, 0.4) is 0 Å². The number of carbonyl (C=O) groups is 1. The lowest BCUT2D eigenvalue weighted by Crippen LogP contribution is -2.54. The van der Waals surface area contributed by atoms with Crippen LogP contribution in [0.2, 0.25) is 5.02 Å². The number of benzene rings is 1. The van der Waals surface area contributed by atoms with E-state index in [0.29, 0.717) is 30.5 Å². The highest BCUT2D eigenvalue weighted by atomic mass is 35.5. The average Bonchev–Trinajstić information content (AvgIpc) is 2.66. The zero-order valence-corrected chi connectivity index (χ0v) is 15.5. The number of halogens is 2. The van der Waals surface area contributed by atoms with Gasteiger partial charge in [-0.3, -0.25) is 4.79 Å². The smallest absolute Gasteiger partial charge is 0.246 e. The van der Waals surface area contributed by atoms with Crippen molar-refractivity contribution < 1.29 is 9.18 Å². The summed E-state index contributed by atoms with van der Waals surface area (Å²) in [5.74, 6) is -0.155. The Bertz CT molecular complexity index is 924. The summed E-state index contributed by atoms with van der Waals surface area (Å²) in [4.78, 5) is 23.7. The van der Waals surface area contributed by atoms with Crippen LogP contribution in [0, 0.1) is 12.4 Å². The first-order valence-electron chi connectivity index (χ1n) is 8.50. The molecule has 3 rings (SSSR count). The molecule has 138 valence electrons. The van der Waals surface area contributed by atoms with Gasteiger partial charge in [-0.2, -0.15) is 0 Å². The highest BCUT2D eigenvalue weighted by molar-refractivity contribution is 6.30. The fourth-order valence-electron chi connectivity index (χ4n) is 3.10. The molecular weight excluding hydrogens is 367 g/mol. The van der Waals surface area contributed by atoms with E-state index in [0.717, 1.165) is 11.8 Å². The molecule has 7 heteroatoms. The Hall–Kier alpha value is -2.91. The molecule has 2 heterocycles. The van der Waals surface area contributed by atoms with Crippen LogP contribution < -0.4 is 4.90 Å². The minimum atomic E-state index is -0.530. The number of rotatable bonds is 3. The first kappa shape index (κ1) is 18.9. The fraction of sp³-hybridized carbons (Fsp3) is 0.250. The number of piperazine rings is 1. The number of aromatic nitrogens is 1. The predicted molar refractivity (Wildman–Crippen MR) is 104 cm³/mol. The molecule has 1 aliphatic rings. The molecule has 0 unspecified atom stereocenters. The van der Waals surface area contributed by atoms with Crippen molar-refractivity contribution in [2.75, 3.05) is 24.5 Å². The second-order valence-electron chi connectivity index (χ2n) is 6.32. The van der Waals surface area contributed by atoms with Gasteiger partial charge in [-0.05, 0) is 36.8 Å². The van der Waals surface area contributed by atoms with Crippen molar-refractivity contribution in [2.24, 2.45) is 0 Å². The van der Waals surface area contributed by atoms with E-state index in [1.165, 1.54) is 6.07 Å². The Labute approximate surface area is 162 Å². The minimum absolute atomic E-state index is 0.0688. The maximum atomic E-state index is 13.3. The van der Waals surface area contributed by atoms with Gasteiger partial charge < -0.3 is 9.80 Å². The Kier molecular flexibility index (Phi) is 5.72. The van der Waals surface area contributed by atoms with Crippen LogP contribution in [0.5, 0.6) is 0 Å². The van der Waals surface area contributed by atoms with Crippen LogP contribution >= 0.6 is 11.6 Å². The van der Waals surface area contributed by atoms with Gasteiger partial charge in [0.05, 0.1) is 12.8 Å². The molecule has 1 fully saturated rings. The van der Waals surface area contributed by atoms with Crippen molar-refractivity contribution in [3.63, 3.8) is 0 Å². The molecule has 1 atom stereocenters. The summed E-state index contributed by atoms with van der Waals surface area (Å²) < 4.78 is 13.3. The number of hydrogen-bond donors (Lipinski definition) is 0. The maximum absolute atomic E-state index is 13.3. The van der Waals surface area contributed by atoms with Crippen LogP contribution in [-0.4, -0.2) is 41.5 Å². The van der Waals surface area contributed by atoms with Gasteiger partial charge in [0.2, 0.25) is 11.6 Å². The van der Waals surface area contributed by atoms with Gasteiger partial charge in [0.25, 0.3) is 0 Å². The first-order valence-corrected chi connectivity index (χ1v) is 8.88. The molecule has 0 saturated carbocycles. The van der Waals surface area contributed by atoms with Gasteiger partial charge in [0.15, 0.2) is 0 Å². The molecule has 1 aromatic heterocycles. The lowest BCUT2D eigenvalue weighted by Gasteiger charge is -2.40. The zero-order chi connectivity index (χ0) is 19.4. The summed E-state index contributed by atoms with van der Waals surface area (Å²) in [6.45, 7) is 10.7. The molecule has 1 saturated heterocycles. The summed E-state index contributed by atoms with van der Waals surface area (Å²) >= 11 is 5.96. The number of pyridine rings is 1. The summed E-state index contributed by atoms with van der Waals surface area (Å²) in [7, 11) is 0. The van der Waals surface area contributed by atoms with E-state index in [2.05, 4.69) is 9.83 Å². The molecule has 1 amide bonds. The van der Waals surface area contributed by atoms with Gasteiger partial charge in [-0.25, -0.2) is 14.2 Å². The molecule has 0 aliphatic carbocycles. The molecule has 0 bridgehead atoms. The average molecular weight is 385 g/mol. The van der Waals surface area contributed by atoms with Crippen molar-refractivity contribution in [2.45, 2.75) is 13.0 Å². The third kappa shape index (κ3) is 4.44. The second kappa shape index (κ2) is 8.19. The zero-order valence-electron chi connectivity index (χ0n) is 14.8. The minimum Gasteiger partial charge on any atom is -0.361 e. The second-order valence-corrected chi connectivity index (χ2v) is 6.76. The van der Waals surface area contributed by atoms with Crippen LogP contribution in [0.15, 0.2) is 42.6 Å². The molecule has 0 radical (unpaired) electrons. The highest BCUT2D eigenvalue weighted by Crippen LogP contribution is 2.28. The molecule has 2 aromatic rings. The van der Waals surface area contributed by atoms with E-state index in [4.69, 9.17) is 18.2 Å². The lowest BCUT2D eigenvalue weighted by atomic mass is 10.1. The normalized spacial score (nSPS) is 17.2. The van der Waals surface area contributed by atoms with Crippen LogP contribution in [0.1, 0.15) is 12.5 Å². The monoisotopic (exact) mass is 384 g/mol. The molecule has 1 aromatic carbocycles. The number of anilines is 1. The van der Waals surface area contributed by atoms with Gasteiger partial charge in [-0.15, -0.1) is 0 Å². The Balaban J connectivity index is 1.68. The fourth-order valence-corrected chi connectivity index (χ4v) is 3.30. The summed E-state index contributed by atoms with van der Waals surface area (Å²) in [5.41, 5.74) is 1.04. The lowest BCUT2D eigenvalue weighted by molar-refractivity contribution is -0.128. The molecule has 1 aliphatic heterocycles. The Morgan fingerprint density at radius 1 is 1.41 bits per heavy atom.